The molecule has 72 valence electrons. The first kappa shape index (κ1) is 9.60. The zero-order valence-corrected chi connectivity index (χ0v) is 9.44. The first-order valence-corrected chi connectivity index (χ1v) is 5.39. The van der Waals surface area contributed by atoms with Crippen LogP contribution in [0.2, 0.25) is 0 Å². The topological polar surface area (TPSA) is 0 Å². The molecule has 0 radical (unpaired) electrons. The molecule has 0 aliphatic heterocycles. The maximum absolute atomic E-state index is 4.59. The van der Waals surface area contributed by atoms with Gasteiger partial charge in [-0.3, -0.25) is 0 Å². The molecule has 0 fully saturated rings. The van der Waals surface area contributed by atoms with Crippen LogP contribution in [0.1, 0.15) is 18.1 Å². The minimum Gasteiger partial charge on any atom is -0.143 e. The summed E-state index contributed by atoms with van der Waals surface area (Å²) in [6.45, 7) is 4.33. The summed E-state index contributed by atoms with van der Waals surface area (Å²) in [5.41, 5.74) is 2.71. The molecule has 0 saturated heterocycles. The smallest absolute Gasteiger partial charge is 0.0151 e. The van der Waals surface area contributed by atoms with Crippen molar-refractivity contribution in [2.75, 3.05) is 0 Å². The van der Waals surface area contributed by atoms with Crippen molar-refractivity contribution in [2.24, 2.45) is 0 Å². The lowest BCUT2D eigenvalue weighted by Crippen LogP contribution is -1.89. The SMILES string of the molecule is CCc1cc2ccccc2c(S)c1C. The normalized spacial score (nSPS) is 10.8. The lowest BCUT2D eigenvalue weighted by atomic mass is 10.0. The molecule has 0 N–H and O–H groups in total. The predicted octanol–water partition coefficient (Wildman–Crippen LogP) is 4.00. The van der Waals surface area contributed by atoms with E-state index in [0.717, 1.165) is 11.3 Å². The fraction of sp³-hybridized carbons (Fsp3) is 0.231. The Balaban J connectivity index is 2.85. The number of hydrogen-bond donors (Lipinski definition) is 1. The summed E-state index contributed by atoms with van der Waals surface area (Å²) < 4.78 is 0. The fourth-order valence-corrected chi connectivity index (χ4v) is 2.20. The highest BCUT2D eigenvalue weighted by atomic mass is 32.1. The summed E-state index contributed by atoms with van der Waals surface area (Å²) in [6.07, 6.45) is 1.07. The third-order valence-electron chi connectivity index (χ3n) is 2.76. The molecular formula is C13H14S. The van der Waals surface area contributed by atoms with E-state index in [1.54, 1.807) is 0 Å². The van der Waals surface area contributed by atoms with Crippen LogP contribution in [-0.4, -0.2) is 0 Å². The predicted molar refractivity (Wildman–Crippen MR) is 65.3 cm³/mol. The van der Waals surface area contributed by atoms with Crippen LogP contribution in [-0.2, 0) is 6.42 Å². The van der Waals surface area contributed by atoms with Crippen LogP contribution < -0.4 is 0 Å². The zero-order valence-electron chi connectivity index (χ0n) is 8.54. The van der Waals surface area contributed by atoms with E-state index in [2.05, 4.69) is 56.8 Å². The second-order valence-corrected chi connectivity index (χ2v) is 4.03. The van der Waals surface area contributed by atoms with Gasteiger partial charge < -0.3 is 0 Å². The highest BCUT2D eigenvalue weighted by Crippen LogP contribution is 2.28. The van der Waals surface area contributed by atoms with E-state index in [0.29, 0.717) is 0 Å². The van der Waals surface area contributed by atoms with Crippen LogP contribution in [0.25, 0.3) is 10.8 Å². The molecular weight excluding hydrogens is 188 g/mol. The van der Waals surface area contributed by atoms with Crippen LogP contribution in [0.3, 0.4) is 0 Å². The second kappa shape index (κ2) is 3.66. The quantitative estimate of drug-likeness (QED) is 0.664. The van der Waals surface area contributed by atoms with Gasteiger partial charge in [0.15, 0.2) is 0 Å². The maximum atomic E-state index is 4.59. The van der Waals surface area contributed by atoms with Crippen molar-refractivity contribution in [1.82, 2.24) is 0 Å². The van der Waals surface area contributed by atoms with Crippen molar-refractivity contribution >= 4 is 23.4 Å². The highest BCUT2D eigenvalue weighted by molar-refractivity contribution is 7.80. The molecule has 0 spiro atoms. The third-order valence-corrected chi connectivity index (χ3v) is 3.34. The summed E-state index contributed by atoms with van der Waals surface area (Å²) in [5, 5.41) is 2.55. The van der Waals surface area contributed by atoms with E-state index in [1.807, 2.05) is 0 Å². The molecule has 0 amide bonds. The van der Waals surface area contributed by atoms with Crippen molar-refractivity contribution in [1.29, 1.82) is 0 Å². The van der Waals surface area contributed by atoms with Crippen molar-refractivity contribution in [3.05, 3.63) is 41.5 Å². The molecule has 2 rings (SSSR count). The maximum Gasteiger partial charge on any atom is 0.0151 e. The van der Waals surface area contributed by atoms with Gasteiger partial charge in [0.05, 0.1) is 0 Å². The molecule has 0 unspecified atom stereocenters. The average molecular weight is 202 g/mol. The summed E-state index contributed by atoms with van der Waals surface area (Å²) in [7, 11) is 0. The van der Waals surface area contributed by atoms with Crippen LogP contribution in [0.4, 0.5) is 0 Å². The highest BCUT2D eigenvalue weighted by Gasteiger charge is 2.04. The fourth-order valence-electron chi connectivity index (χ4n) is 1.86. The van der Waals surface area contributed by atoms with Crippen molar-refractivity contribution in [2.45, 2.75) is 25.2 Å². The summed E-state index contributed by atoms with van der Waals surface area (Å²) >= 11 is 4.59. The molecule has 0 aromatic heterocycles. The number of hydrogen-bond acceptors (Lipinski definition) is 1. The van der Waals surface area contributed by atoms with Gasteiger partial charge >= 0.3 is 0 Å². The summed E-state index contributed by atoms with van der Waals surface area (Å²) in [6, 6.07) is 10.7. The Morgan fingerprint density at radius 2 is 1.93 bits per heavy atom. The first-order chi connectivity index (χ1) is 6.74. The number of fused-ring (bicyclic) bond motifs is 1. The molecule has 0 heterocycles. The third kappa shape index (κ3) is 1.42. The number of rotatable bonds is 1. The van der Waals surface area contributed by atoms with Gasteiger partial charge in [0.1, 0.15) is 0 Å². The minimum absolute atomic E-state index is 1.07. The van der Waals surface area contributed by atoms with Crippen LogP contribution in [0.15, 0.2) is 35.2 Å². The average Bonchev–Trinajstić information content (AvgIpc) is 2.23. The van der Waals surface area contributed by atoms with Crippen LogP contribution in [0.5, 0.6) is 0 Å². The molecule has 0 aliphatic rings. The lowest BCUT2D eigenvalue weighted by molar-refractivity contribution is 1.09. The number of benzene rings is 2. The van der Waals surface area contributed by atoms with Crippen molar-refractivity contribution in [3.63, 3.8) is 0 Å². The Bertz CT molecular complexity index is 472. The number of thiol groups is 1. The van der Waals surface area contributed by atoms with E-state index in [-0.39, 0.29) is 0 Å². The van der Waals surface area contributed by atoms with Crippen LogP contribution in [0, 0.1) is 6.92 Å². The monoisotopic (exact) mass is 202 g/mol. The van der Waals surface area contributed by atoms with E-state index in [9.17, 15) is 0 Å². The largest absolute Gasteiger partial charge is 0.143 e. The summed E-state index contributed by atoms with van der Waals surface area (Å²) in [4.78, 5) is 1.12. The number of aryl methyl sites for hydroxylation is 1. The van der Waals surface area contributed by atoms with Gasteiger partial charge in [-0.2, -0.15) is 0 Å². The van der Waals surface area contributed by atoms with Gasteiger partial charge in [-0.1, -0.05) is 37.3 Å². The molecule has 0 bridgehead atoms. The van der Waals surface area contributed by atoms with Gasteiger partial charge in [0.2, 0.25) is 0 Å². The van der Waals surface area contributed by atoms with E-state index in [4.69, 9.17) is 0 Å². The van der Waals surface area contributed by atoms with Gasteiger partial charge in [-0.25, -0.2) is 0 Å². The minimum atomic E-state index is 1.07. The molecule has 0 nitrogen and oxygen atoms in total. The first-order valence-electron chi connectivity index (χ1n) is 4.94. The molecule has 0 atom stereocenters. The Labute approximate surface area is 90.4 Å². The molecule has 1 heteroatoms. The Morgan fingerprint density at radius 3 is 2.64 bits per heavy atom. The van der Waals surface area contributed by atoms with Gasteiger partial charge in [-0.05, 0) is 35.2 Å². The molecule has 0 aliphatic carbocycles. The molecule has 2 aromatic carbocycles. The van der Waals surface area contributed by atoms with E-state index < -0.39 is 0 Å². The molecule has 0 saturated carbocycles. The standard InChI is InChI=1S/C13H14S/c1-3-10-8-11-6-4-5-7-12(11)13(14)9(10)2/h4-8,14H,3H2,1-2H3. The summed E-state index contributed by atoms with van der Waals surface area (Å²) in [5.74, 6) is 0. The van der Waals surface area contributed by atoms with Gasteiger partial charge in [0.25, 0.3) is 0 Å². The second-order valence-electron chi connectivity index (χ2n) is 3.58. The van der Waals surface area contributed by atoms with E-state index in [1.165, 1.54) is 21.9 Å². The lowest BCUT2D eigenvalue weighted by Gasteiger charge is -2.09. The van der Waals surface area contributed by atoms with E-state index >= 15 is 0 Å². The Hall–Kier alpha value is -0.950. The van der Waals surface area contributed by atoms with Gasteiger partial charge in [-0.15, -0.1) is 12.6 Å². The Kier molecular flexibility index (Phi) is 2.51. The van der Waals surface area contributed by atoms with Gasteiger partial charge in [0, 0.05) is 4.90 Å². The molecule has 2 aromatic rings. The van der Waals surface area contributed by atoms with Crippen LogP contribution >= 0.6 is 12.6 Å². The molecule has 14 heavy (non-hydrogen) atoms. The zero-order chi connectivity index (χ0) is 10.1. The van der Waals surface area contributed by atoms with Crippen molar-refractivity contribution in [3.8, 4) is 0 Å². The Morgan fingerprint density at radius 1 is 1.21 bits per heavy atom. The van der Waals surface area contributed by atoms with Crippen molar-refractivity contribution < 1.29 is 0 Å².